The molecule has 0 spiro atoms. The normalized spacial score (nSPS) is 10.5. The zero-order valence-corrected chi connectivity index (χ0v) is 9.97. The van der Waals surface area contributed by atoms with Gasteiger partial charge in [-0.15, -0.1) is 0 Å². The largest absolute Gasteiger partial charge is 0.316 e. The van der Waals surface area contributed by atoms with E-state index in [1.165, 1.54) is 18.4 Å². The zero-order valence-electron chi connectivity index (χ0n) is 8.39. The van der Waals surface area contributed by atoms with Gasteiger partial charge in [0.15, 0.2) is 0 Å². The van der Waals surface area contributed by atoms with E-state index in [9.17, 15) is 0 Å². The van der Waals surface area contributed by atoms with Crippen molar-refractivity contribution in [2.45, 2.75) is 32.7 Å². The lowest BCUT2D eigenvalue weighted by Crippen LogP contribution is -2.09. The summed E-state index contributed by atoms with van der Waals surface area (Å²) >= 11 is 3.49. The predicted molar refractivity (Wildman–Crippen MR) is 61.4 cm³/mol. The van der Waals surface area contributed by atoms with Gasteiger partial charge >= 0.3 is 0 Å². The number of unbranched alkanes of at least 4 members (excludes halogenated alkanes) is 1. The van der Waals surface area contributed by atoms with E-state index in [4.69, 9.17) is 5.21 Å². The van der Waals surface area contributed by atoms with Gasteiger partial charge in [-0.05, 0) is 30.0 Å². The molecule has 0 atom stereocenters. The molecular weight excluding hydrogens is 242 g/mol. The molecule has 0 aliphatic heterocycles. The van der Waals surface area contributed by atoms with Crippen molar-refractivity contribution in [1.82, 2.24) is 5.48 Å². The molecule has 0 aliphatic carbocycles. The summed E-state index contributed by atoms with van der Waals surface area (Å²) in [5, 5.41) is 8.72. The van der Waals surface area contributed by atoms with Crippen LogP contribution in [-0.4, -0.2) is 5.21 Å². The fourth-order valence-corrected chi connectivity index (χ4v) is 2.03. The van der Waals surface area contributed by atoms with Crippen LogP contribution in [0.4, 0.5) is 0 Å². The van der Waals surface area contributed by atoms with Crippen LogP contribution < -0.4 is 5.48 Å². The first kappa shape index (κ1) is 11.7. The average molecular weight is 258 g/mol. The van der Waals surface area contributed by atoms with Crippen molar-refractivity contribution in [3.63, 3.8) is 0 Å². The highest BCUT2D eigenvalue weighted by atomic mass is 79.9. The summed E-state index contributed by atoms with van der Waals surface area (Å²) in [6.07, 6.45) is 3.46. The summed E-state index contributed by atoms with van der Waals surface area (Å²) in [5.74, 6) is 0. The van der Waals surface area contributed by atoms with Crippen molar-refractivity contribution < 1.29 is 5.21 Å². The van der Waals surface area contributed by atoms with Gasteiger partial charge in [-0.1, -0.05) is 41.4 Å². The Bertz CT molecular complexity index is 289. The number of hydroxylamine groups is 1. The molecule has 0 amide bonds. The van der Waals surface area contributed by atoms with E-state index < -0.39 is 0 Å². The van der Waals surface area contributed by atoms with Gasteiger partial charge in [-0.25, -0.2) is 5.48 Å². The Labute approximate surface area is 93.4 Å². The summed E-state index contributed by atoms with van der Waals surface area (Å²) in [4.78, 5) is 0. The Balaban J connectivity index is 2.83. The molecule has 3 heteroatoms. The number of nitrogens with one attached hydrogen (secondary N) is 1. The van der Waals surface area contributed by atoms with Crippen LogP contribution in [-0.2, 0) is 13.0 Å². The van der Waals surface area contributed by atoms with Gasteiger partial charge in [0.05, 0.1) is 0 Å². The first-order chi connectivity index (χ1) is 6.79. The number of aryl methyl sites for hydroxylation is 1. The van der Waals surface area contributed by atoms with Gasteiger partial charge in [0.25, 0.3) is 0 Å². The van der Waals surface area contributed by atoms with Crippen molar-refractivity contribution in [2.24, 2.45) is 0 Å². The lowest BCUT2D eigenvalue weighted by atomic mass is 10.0. The summed E-state index contributed by atoms with van der Waals surface area (Å²) in [7, 11) is 0. The molecule has 0 heterocycles. The summed E-state index contributed by atoms with van der Waals surface area (Å²) in [6.45, 7) is 2.68. The summed E-state index contributed by atoms with van der Waals surface area (Å²) < 4.78 is 1.06. The van der Waals surface area contributed by atoms with Gasteiger partial charge in [0, 0.05) is 11.0 Å². The van der Waals surface area contributed by atoms with Crippen LogP contribution in [0.25, 0.3) is 0 Å². The van der Waals surface area contributed by atoms with E-state index in [1.807, 2.05) is 12.1 Å². The van der Waals surface area contributed by atoms with Gasteiger partial charge in [-0.3, -0.25) is 0 Å². The smallest absolute Gasteiger partial charge is 0.0471 e. The molecule has 0 radical (unpaired) electrons. The molecule has 1 rings (SSSR count). The van der Waals surface area contributed by atoms with E-state index in [0.717, 1.165) is 16.5 Å². The number of rotatable bonds is 5. The Hall–Kier alpha value is -0.380. The standard InChI is InChI=1S/C11H16BrNO/c1-2-3-5-9-6-4-7-11(12)10(9)8-13-14/h4,6-7,13-14H,2-3,5,8H2,1H3. The number of hydrogen-bond donors (Lipinski definition) is 2. The molecule has 78 valence electrons. The topological polar surface area (TPSA) is 32.3 Å². The molecule has 14 heavy (non-hydrogen) atoms. The SMILES string of the molecule is CCCCc1cccc(Br)c1CNO. The second kappa shape index (κ2) is 6.17. The van der Waals surface area contributed by atoms with Crippen molar-refractivity contribution in [3.05, 3.63) is 33.8 Å². The maximum absolute atomic E-state index is 8.72. The Morgan fingerprint density at radius 3 is 2.86 bits per heavy atom. The Kier molecular flexibility index (Phi) is 5.15. The van der Waals surface area contributed by atoms with E-state index in [-0.39, 0.29) is 0 Å². The van der Waals surface area contributed by atoms with Crippen LogP contribution in [0, 0.1) is 0 Å². The average Bonchev–Trinajstić information content (AvgIpc) is 2.19. The first-order valence-corrected chi connectivity index (χ1v) is 5.72. The highest BCUT2D eigenvalue weighted by Gasteiger charge is 2.05. The predicted octanol–water partition coefficient (Wildman–Crippen LogP) is 3.27. The van der Waals surface area contributed by atoms with Crippen molar-refractivity contribution in [2.75, 3.05) is 0 Å². The Morgan fingerprint density at radius 1 is 1.43 bits per heavy atom. The quantitative estimate of drug-likeness (QED) is 0.794. The van der Waals surface area contributed by atoms with E-state index in [1.54, 1.807) is 0 Å². The van der Waals surface area contributed by atoms with Crippen LogP contribution in [0.1, 0.15) is 30.9 Å². The fraction of sp³-hybridized carbons (Fsp3) is 0.455. The molecular formula is C11H16BrNO. The minimum Gasteiger partial charge on any atom is -0.316 e. The maximum atomic E-state index is 8.72. The molecule has 0 aliphatic rings. The summed E-state index contributed by atoms with van der Waals surface area (Å²) in [6, 6.07) is 6.16. The van der Waals surface area contributed by atoms with Crippen molar-refractivity contribution >= 4 is 15.9 Å². The second-order valence-electron chi connectivity index (χ2n) is 3.32. The lowest BCUT2D eigenvalue weighted by Gasteiger charge is -2.10. The molecule has 1 aromatic carbocycles. The second-order valence-corrected chi connectivity index (χ2v) is 4.17. The van der Waals surface area contributed by atoms with Crippen LogP contribution >= 0.6 is 15.9 Å². The monoisotopic (exact) mass is 257 g/mol. The minimum atomic E-state index is 0.500. The first-order valence-electron chi connectivity index (χ1n) is 4.92. The molecule has 0 saturated heterocycles. The zero-order chi connectivity index (χ0) is 10.4. The minimum absolute atomic E-state index is 0.500. The molecule has 0 fully saturated rings. The number of hydrogen-bond acceptors (Lipinski definition) is 2. The third-order valence-corrected chi connectivity index (χ3v) is 3.01. The fourth-order valence-electron chi connectivity index (χ4n) is 1.48. The molecule has 1 aromatic rings. The van der Waals surface area contributed by atoms with Gasteiger partial charge in [0.1, 0.15) is 0 Å². The van der Waals surface area contributed by atoms with Gasteiger partial charge in [-0.2, -0.15) is 0 Å². The lowest BCUT2D eigenvalue weighted by molar-refractivity contribution is 0.161. The third-order valence-electron chi connectivity index (χ3n) is 2.27. The molecule has 2 N–H and O–H groups in total. The van der Waals surface area contributed by atoms with Crippen molar-refractivity contribution in [3.8, 4) is 0 Å². The van der Waals surface area contributed by atoms with Crippen LogP contribution in [0.5, 0.6) is 0 Å². The van der Waals surface area contributed by atoms with Crippen LogP contribution in [0.2, 0.25) is 0 Å². The van der Waals surface area contributed by atoms with Gasteiger partial charge in [0.2, 0.25) is 0 Å². The van der Waals surface area contributed by atoms with Gasteiger partial charge < -0.3 is 5.21 Å². The highest BCUT2D eigenvalue weighted by Crippen LogP contribution is 2.21. The molecule has 2 nitrogen and oxygen atoms in total. The van der Waals surface area contributed by atoms with E-state index in [0.29, 0.717) is 6.54 Å². The molecule has 0 bridgehead atoms. The van der Waals surface area contributed by atoms with Crippen molar-refractivity contribution in [1.29, 1.82) is 0 Å². The highest BCUT2D eigenvalue weighted by molar-refractivity contribution is 9.10. The summed E-state index contributed by atoms with van der Waals surface area (Å²) in [5.41, 5.74) is 4.68. The molecule has 0 aromatic heterocycles. The molecule has 0 unspecified atom stereocenters. The van der Waals surface area contributed by atoms with E-state index >= 15 is 0 Å². The van der Waals surface area contributed by atoms with Crippen LogP contribution in [0.15, 0.2) is 22.7 Å². The number of halogens is 1. The van der Waals surface area contributed by atoms with Crippen LogP contribution in [0.3, 0.4) is 0 Å². The maximum Gasteiger partial charge on any atom is 0.0471 e. The Morgan fingerprint density at radius 2 is 2.21 bits per heavy atom. The number of benzene rings is 1. The third kappa shape index (κ3) is 3.08. The van der Waals surface area contributed by atoms with E-state index in [2.05, 4.69) is 34.4 Å². The molecule has 0 saturated carbocycles.